The number of oxazole rings is 1. The summed E-state index contributed by atoms with van der Waals surface area (Å²) in [6.07, 6.45) is 3.50. The van der Waals surface area contributed by atoms with Crippen molar-refractivity contribution in [3.63, 3.8) is 0 Å². The van der Waals surface area contributed by atoms with Gasteiger partial charge in [0, 0.05) is 18.2 Å². The summed E-state index contributed by atoms with van der Waals surface area (Å²) in [6.45, 7) is 1.86. The van der Waals surface area contributed by atoms with Crippen molar-refractivity contribution < 1.29 is 4.42 Å². The van der Waals surface area contributed by atoms with E-state index in [0.29, 0.717) is 11.6 Å². The topological polar surface area (TPSA) is 51.8 Å². The van der Waals surface area contributed by atoms with Gasteiger partial charge >= 0.3 is 0 Å². The normalized spacial score (nSPS) is 10.6. The van der Waals surface area contributed by atoms with Gasteiger partial charge in [0.2, 0.25) is 5.28 Å². The predicted molar refractivity (Wildman–Crippen MR) is 56.1 cm³/mol. The summed E-state index contributed by atoms with van der Waals surface area (Å²) < 4.78 is 5.20. The summed E-state index contributed by atoms with van der Waals surface area (Å²) in [5.74, 6) is 0.753. The minimum atomic E-state index is 0.137. The van der Waals surface area contributed by atoms with E-state index in [0.717, 1.165) is 17.0 Å². The molecule has 2 aromatic rings. The monoisotopic (exact) mass is 243 g/mol. The molecule has 0 aliphatic rings. The molecule has 0 aromatic carbocycles. The highest BCUT2D eigenvalue weighted by Gasteiger charge is 2.09. The molecule has 6 heteroatoms. The second-order valence-corrected chi connectivity index (χ2v) is 3.69. The third kappa shape index (κ3) is 2.27. The van der Waals surface area contributed by atoms with Crippen molar-refractivity contribution in [1.82, 2.24) is 15.0 Å². The van der Waals surface area contributed by atoms with Crippen LogP contribution in [0.4, 0.5) is 0 Å². The number of nitrogens with zero attached hydrogens (tertiary/aromatic N) is 3. The second kappa shape index (κ2) is 4.16. The Bertz CT molecular complexity index is 484. The molecular weight excluding hydrogens is 237 g/mol. The Morgan fingerprint density at radius 1 is 1.33 bits per heavy atom. The SMILES string of the molecule is Cc1ncoc1Cc1cnc(Cl)nc1Cl. The van der Waals surface area contributed by atoms with E-state index >= 15 is 0 Å². The van der Waals surface area contributed by atoms with Crippen molar-refractivity contribution >= 4 is 23.2 Å². The Hall–Kier alpha value is -1.13. The molecule has 2 rings (SSSR count). The maximum Gasteiger partial charge on any atom is 0.223 e. The van der Waals surface area contributed by atoms with E-state index in [-0.39, 0.29) is 5.28 Å². The molecule has 0 saturated heterocycles. The zero-order chi connectivity index (χ0) is 10.8. The molecule has 2 aromatic heterocycles. The molecule has 4 nitrogen and oxygen atoms in total. The summed E-state index contributed by atoms with van der Waals surface area (Å²) in [6, 6.07) is 0. The van der Waals surface area contributed by atoms with E-state index in [4.69, 9.17) is 27.6 Å². The fourth-order valence-corrected chi connectivity index (χ4v) is 1.53. The van der Waals surface area contributed by atoms with E-state index in [2.05, 4.69) is 15.0 Å². The van der Waals surface area contributed by atoms with Gasteiger partial charge in [-0.25, -0.2) is 15.0 Å². The van der Waals surface area contributed by atoms with Crippen LogP contribution < -0.4 is 0 Å². The molecule has 78 valence electrons. The summed E-state index contributed by atoms with van der Waals surface area (Å²) in [7, 11) is 0. The fraction of sp³-hybridized carbons (Fsp3) is 0.222. The molecule has 0 fully saturated rings. The lowest BCUT2D eigenvalue weighted by molar-refractivity contribution is 0.512. The number of aryl methyl sites for hydroxylation is 1. The largest absolute Gasteiger partial charge is 0.448 e. The van der Waals surface area contributed by atoms with Crippen LogP contribution in [0.5, 0.6) is 0 Å². The van der Waals surface area contributed by atoms with Crippen LogP contribution in [0.3, 0.4) is 0 Å². The quantitative estimate of drug-likeness (QED) is 0.602. The zero-order valence-corrected chi connectivity index (χ0v) is 9.38. The van der Waals surface area contributed by atoms with Gasteiger partial charge in [-0.15, -0.1) is 0 Å². The van der Waals surface area contributed by atoms with E-state index in [1.165, 1.54) is 6.39 Å². The smallest absolute Gasteiger partial charge is 0.223 e. The van der Waals surface area contributed by atoms with Crippen molar-refractivity contribution in [1.29, 1.82) is 0 Å². The van der Waals surface area contributed by atoms with E-state index in [1.54, 1.807) is 6.20 Å². The fourth-order valence-electron chi connectivity index (χ4n) is 1.15. The van der Waals surface area contributed by atoms with Crippen molar-refractivity contribution in [3.05, 3.63) is 40.0 Å². The van der Waals surface area contributed by atoms with Crippen molar-refractivity contribution in [2.45, 2.75) is 13.3 Å². The molecule has 2 heterocycles. The maximum absolute atomic E-state index is 5.90. The van der Waals surface area contributed by atoms with E-state index < -0.39 is 0 Å². The summed E-state index contributed by atoms with van der Waals surface area (Å²) >= 11 is 11.5. The molecule has 0 unspecified atom stereocenters. The van der Waals surface area contributed by atoms with Crippen LogP contribution in [0.25, 0.3) is 0 Å². The first-order valence-electron chi connectivity index (χ1n) is 4.22. The van der Waals surface area contributed by atoms with Gasteiger partial charge in [0.1, 0.15) is 10.9 Å². The van der Waals surface area contributed by atoms with Gasteiger partial charge in [0.15, 0.2) is 6.39 Å². The average Bonchev–Trinajstić information content (AvgIpc) is 2.57. The van der Waals surface area contributed by atoms with Crippen LogP contribution in [0.1, 0.15) is 17.0 Å². The van der Waals surface area contributed by atoms with Crippen LogP contribution in [-0.4, -0.2) is 15.0 Å². The van der Waals surface area contributed by atoms with Crippen LogP contribution in [0, 0.1) is 6.92 Å². The van der Waals surface area contributed by atoms with Crippen molar-refractivity contribution in [3.8, 4) is 0 Å². The molecule has 0 aliphatic heterocycles. The number of aromatic nitrogens is 3. The van der Waals surface area contributed by atoms with E-state index in [9.17, 15) is 0 Å². The lowest BCUT2D eigenvalue weighted by atomic mass is 10.2. The Kier molecular flexibility index (Phi) is 2.88. The summed E-state index contributed by atoms with van der Waals surface area (Å²) in [5.41, 5.74) is 1.60. The van der Waals surface area contributed by atoms with Gasteiger partial charge in [0.05, 0.1) is 5.69 Å². The lowest BCUT2D eigenvalue weighted by Gasteiger charge is -2.00. The Morgan fingerprint density at radius 3 is 2.73 bits per heavy atom. The van der Waals surface area contributed by atoms with Crippen LogP contribution >= 0.6 is 23.2 Å². The molecule has 0 atom stereocenters. The molecule has 0 N–H and O–H groups in total. The van der Waals surface area contributed by atoms with Crippen LogP contribution in [-0.2, 0) is 6.42 Å². The Balaban J connectivity index is 2.29. The summed E-state index contributed by atoms with van der Waals surface area (Å²) in [4.78, 5) is 11.7. The van der Waals surface area contributed by atoms with Gasteiger partial charge in [-0.2, -0.15) is 0 Å². The standard InChI is InChI=1S/C9H7Cl2N3O/c1-5-7(15-4-13-5)2-6-3-12-9(11)14-8(6)10/h3-4H,2H2,1H3. The van der Waals surface area contributed by atoms with Gasteiger partial charge < -0.3 is 4.42 Å². The third-order valence-electron chi connectivity index (χ3n) is 1.98. The van der Waals surface area contributed by atoms with Crippen LogP contribution in [0.15, 0.2) is 17.0 Å². The molecule has 0 spiro atoms. The molecular formula is C9H7Cl2N3O. The number of hydrogen-bond donors (Lipinski definition) is 0. The minimum absolute atomic E-state index is 0.137. The highest BCUT2D eigenvalue weighted by molar-refractivity contribution is 6.32. The van der Waals surface area contributed by atoms with Crippen molar-refractivity contribution in [2.24, 2.45) is 0 Å². The Morgan fingerprint density at radius 2 is 2.13 bits per heavy atom. The third-order valence-corrected chi connectivity index (χ3v) is 2.49. The Labute approximate surface area is 96.3 Å². The number of hydrogen-bond acceptors (Lipinski definition) is 4. The molecule has 0 saturated carbocycles. The first-order chi connectivity index (χ1) is 7.16. The highest BCUT2D eigenvalue weighted by atomic mass is 35.5. The summed E-state index contributed by atoms with van der Waals surface area (Å²) in [5, 5.41) is 0.476. The first-order valence-corrected chi connectivity index (χ1v) is 4.98. The minimum Gasteiger partial charge on any atom is -0.448 e. The van der Waals surface area contributed by atoms with Crippen LogP contribution in [0.2, 0.25) is 10.4 Å². The predicted octanol–water partition coefficient (Wildman–Crippen LogP) is 2.67. The lowest BCUT2D eigenvalue weighted by Crippen LogP contribution is -1.94. The molecule has 0 aliphatic carbocycles. The van der Waals surface area contributed by atoms with Gasteiger partial charge in [-0.1, -0.05) is 11.6 Å². The highest BCUT2D eigenvalue weighted by Crippen LogP contribution is 2.19. The maximum atomic E-state index is 5.90. The molecule has 0 radical (unpaired) electrons. The average molecular weight is 244 g/mol. The second-order valence-electron chi connectivity index (χ2n) is 2.99. The van der Waals surface area contributed by atoms with Gasteiger partial charge in [-0.3, -0.25) is 0 Å². The molecule has 0 amide bonds. The number of rotatable bonds is 2. The van der Waals surface area contributed by atoms with Gasteiger partial charge in [-0.05, 0) is 18.5 Å². The number of halogens is 2. The van der Waals surface area contributed by atoms with E-state index in [1.807, 2.05) is 6.92 Å². The zero-order valence-electron chi connectivity index (χ0n) is 7.87. The first kappa shape index (κ1) is 10.4. The molecule has 15 heavy (non-hydrogen) atoms. The van der Waals surface area contributed by atoms with Gasteiger partial charge in [0.25, 0.3) is 0 Å². The van der Waals surface area contributed by atoms with Crippen molar-refractivity contribution in [2.75, 3.05) is 0 Å². The molecule has 0 bridgehead atoms.